The normalized spacial score (nSPS) is 13.4. The van der Waals surface area contributed by atoms with Gasteiger partial charge in [0, 0.05) is 24.1 Å². The molecule has 0 spiro atoms. The number of methoxy groups -OCH3 is 1. The molecule has 31 heavy (non-hydrogen) atoms. The van der Waals surface area contributed by atoms with Gasteiger partial charge in [0.15, 0.2) is 6.10 Å². The second kappa shape index (κ2) is 11.1. The summed E-state index contributed by atoms with van der Waals surface area (Å²) >= 11 is 1.25. The summed E-state index contributed by atoms with van der Waals surface area (Å²) in [5.74, 6) is -0.779. The lowest BCUT2D eigenvalue weighted by molar-refractivity contribution is -0.118. The Bertz CT molecular complexity index is 959. The SMILES string of the molecule is COCCNC(=O)CSc1ccccc1C(=O)OC(C)C(=O)c1ccc2c(c1)CCC2. The van der Waals surface area contributed by atoms with Crippen molar-refractivity contribution < 1.29 is 23.9 Å². The minimum atomic E-state index is -0.901. The highest BCUT2D eigenvalue weighted by Crippen LogP contribution is 2.25. The average Bonchev–Trinajstić information content (AvgIpc) is 3.25. The van der Waals surface area contributed by atoms with E-state index in [0.29, 0.717) is 29.2 Å². The van der Waals surface area contributed by atoms with E-state index in [1.165, 1.54) is 22.9 Å². The molecule has 0 saturated carbocycles. The molecule has 6 nitrogen and oxygen atoms in total. The smallest absolute Gasteiger partial charge is 0.339 e. The first-order chi connectivity index (χ1) is 15.0. The molecule has 1 N–H and O–H groups in total. The Kier molecular flexibility index (Phi) is 8.26. The Morgan fingerprint density at radius 2 is 1.87 bits per heavy atom. The van der Waals surface area contributed by atoms with Crippen LogP contribution in [0.2, 0.25) is 0 Å². The molecule has 1 aliphatic carbocycles. The van der Waals surface area contributed by atoms with Crippen LogP contribution < -0.4 is 5.32 Å². The predicted octanol–water partition coefficient (Wildman–Crippen LogP) is 3.46. The van der Waals surface area contributed by atoms with Crippen LogP contribution in [0.25, 0.3) is 0 Å². The van der Waals surface area contributed by atoms with Gasteiger partial charge >= 0.3 is 5.97 Å². The third kappa shape index (κ3) is 6.18. The molecule has 1 unspecified atom stereocenters. The fourth-order valence-electron chi connectivity index (χ4n) is 3.49. The Balaban J connectivity index is 1.61. The molecule has 1 amide bonds. The molecule has 2 aromatic carbocycles. The maximum Gasteiger partial charge on any atom is 0.339 e. The number of hydrogen-bond donors (Lipinski definition) is 1. The summed E-state index contributed by atoms with van der Waals surface area (Å²) in [6.45, 7) is 2.46. The van der Waals surface area contributed by atoms with Crippen molar-refractivity contribution in [2.45, 2.75) is 37.2 Å². The number of ketones is 1. The summed E-state index contributed by atoms with van der Waals surface area (Å²) in [5.41, 5.74) is 3.40. The number of fused-ring (bicyclic) bond motifs is 1. The largest absolute Gasteiger partial charge is 0.451 e. The lowest BCUT2D eigenvalue weighted by Gasteiger charge is -2.15. The number of benzene rings is 2. The highest BCUT2D eigenvalue weighted by molar-refractivity contribution is 8.00. The molecule has 0 saturated heterocycles. The zero-order chi connectivity index (χ0) is 22.2. The van der Waals surface area contributed by atoms with Crippen LogP contribution in [0.15, 0.2) is 47.4 Å². The number of rotatable bonds is 10. The summed E-state index contributed by atoms with van der Waals surface area (Å²) < 4.78 is 10.4. The molecule has 3 rings (SSSR count). The number of Topliss-reactive ketones (excluding diaryl/α,β-unsaturated/α-hetero) is 1. The first kappa shape index (κ1) is 23.0. The molecule has 1 atom stereocenters. The van der Waals surface area contributed by atoms with Gasteiger partial charge in [-0.25, -0.2) is 4.79 Å². The Morgan fingerprint density at radius 1 is 1.10 bits per heavy atom. The van der Waals surface area contributed by atoms with Gasteiger partial charge in [0.2, 0.25) is 11.7 Å². The fraction of sp³-hybridized carbons (Fsp3) is 0.375. The van der Waals surface area contributed by atoms with Gasteiger partial charge < -0.3 is 14.8 Å². The van der Waals surface area contributed by atoms with Crippen molar-refractivity contribution in [2.24, 2.45) is 0 Å². The minimum absolute atomic E-state index is 0.148. The number of carbonyl (C=O) groups is 3. The topological polar surface area (TPSA) is 81.7 Å². The van der Waals surface area contributed by atoms with Crippen molar-refractivity contribution >= 4 is 29.4 Å². The molecule has 164 valence electrons. The van der Waals surface area contributed by atoms with E-state index in [1.807, 2.05) is 18.2 Å². The molecule has 0 radical (unpaired) electrons. The van der Waals surface area contributed by atoms with Crippen LogP contribution in [-0.4, -0.2) is 49.8 Å². The number of thioether (sulfide) groups is 1. The highest BCUT2D eigenvalue weighted by Gasteiger charge is 2.23. The fourth-order valence-corrected chi connectivity index (χ4v) is 4.36. The number of carbonyl (C=O) groups excluding carboxylic acids is 3. The Hall–Kier alpha value is -2.64. The van der Waals surface area contributed by atoms with Crippen molar-refractivity contribution in [1.82, 2.24) is 5.32 Å². The Labute approximate surface area is 186 Å². The minimum Gasteiger partial charge on any atom is -0.451 e. The average molecular weight is 442 g/mol. The lowest BCUT2D eigenvalue weighted by atomic mass is 10.0. The number of hydrogen-bond acceptors (Lipinski definition) is 6. The van der Waals surface area contributed by atoms with E-state index >= 15 is 0 Å². The van der Waals surface area contributed by atoms with Crippen molar-refractivity contribution in [1.29, 1.82) is 0 Å². The molecule has 0 aliphatic heterocycles. The molecule has 0 heterocycles. The third-order valence-electron chi connectivity index (χ3n) is 5.13. The summed E-state index contributed by atoms with van der Waals surface area (Å²) in [7, 11) is 1.57. The van der Waals surface area contributed by atoms with E-state index in [9.17, 15) is 14.4 Å². The number of aryl methyl sites for hydroxylation is 2. The van der Waals surface area contributed by atoms with Gasteiger partial charge in [-0.3, -0.25) is 9.59 Å². The molecular weight excluding hydrogens is 414 g/mol. The van der Waals surface area contributed by atoms with E-state index in [-0.39, 0.29) is 17.4 Å². The van der Waals surface area contributed by atoms with Crippen LogP contribution >= 0.6 is 11.8 Å². The molecular formula is C24H27NO5S. The summed E-state index contributed by atoms with van der Waals surface area (Å²) in [5, 5.41) is 2.74. The van der Waals surface area contributed by atoms with Gasteiger partial charge in [-0.2, -0.15) is 0 Å². The first-order valence-corrected chi connectivity index (χ1v) is 11.3. The molecule has 1 aliphatic rings. The van der Waals surface area contributed by atoms with E-state index in [2.05, 4.69) is 5.32 Å². The second-order valence-corrected chi connectivity index (χ2v) is 8.39. The molecule has 0 fully saturated rings. The number of esters is 1. The summed E-state index contributed by atoms with van der Waals surface area (Å²) in [6, 6.07) is 12.6. The van der Waals surface area contributed by atoms with Gasteiger partial charge in [-0.15, -0.1) is 11.8 Å². The van der Waals surface area contributed by atoms with Gasteiger partial charge in [0.25, 0.3) is 0 Å². The quantitative estimate of drug-likeness (QED) is 0.263. The van der Waals surface area contributed by atoms with Crippen LogP contribution in [-0.2, 0) is 27.1 Å². The Morgan fingerprint density at radius 3 is 2.68 bits per heavy atom. The van der Waals surface area contributed by atoms with E-state index < -0.39 is 12.1 Å². The molecule has 2 aromatic rings. The third-order valence-corrected chi connectivity index (χ3v) is 6.20. The number of amides is 1. The first-order valence-electron chi connectivity index (χ1n) is 10.3. The van der Waals surface area contributed by atoms with Gasteiger partial charge in [-0.05, 0) is 55.5 Å². The van der Waals surface area contributed by atoms with E-state index in [4.69, 9.17) is 9.47 Å². The van der Waals surface area contributed by atoms with Crippen LogP contribution in [0.4, 0.5) is 0 Å². The van der Waals surface area contributed by atoms with Crippen LogP contribution in [0.1, 0.15) is 45.2 Å². The monoisotopic (exact) mass is 441 g/mol. The maximum atomic E-state index is 12.8. The van der Waals surface area contributed by atoms with E-state index in [0.717, 1.165) is 19.3 Å². The van der Waals surface area contributed by atoms with Gasteiger partial charge in [0.1, 0.15) is 0 Å². The van der Waals surface area contributed by atoms with E-state index in [1.54, 1.807) is 38.3 Å². The van der Waals surface area contributed by atoms with Gasteiger partial charge in [0.05, 0.1) is 17.9 Å². The van der Waals surface area contributed by atoms with Crippen molar-refractivity contribution in [2.75, 3.05) is 26.0 Å². The van der Waals surface area contributed by atoms with Crippen LogP contribution in [0.5, 0.6) is 0 Å². The second-order valence-electron chi connectivity index (χ2n) is 7.38. The maximum absolute atomic E-state index is 12.8. The van der Waals surface area contributed by atoms with Crippen molar-refractivity contribution in [3.05, 3.63) is 64.7 Å². The predicted molar refractivity (Wildman–Crippen MR) is 120 cm³/mol. The molecule has 0 aromatic heterocycles. The van der Waals surface area contributed by atoms with Crippen molar-refractivity contribution in [3.8, 4) is 0 Å². The zero-order valence-electron chi connectivity index (χ0n) is 17.8. The number of ether oxygens (including phenoxy) is 2. The number of nitrogens with one attached hydrogen (secondary N) is 1. The van der Waals surface area contributed by atoms with Crippen molar-refractivity contribution in [3.63, 3.8) is 0 Å². The highest BCUT2D eigenvalue weighted by atomic mass is 32.2. The lowest BCUT2D eigenvalue weighted by Crippen LogP contribution is -2.28. The van der Waals surface area contributed by atoms with Crippen LogP contribution in [0.3, 0.4) is 0 Å². The van der Waals surface area contributed by atoms with Crippen LogP contribution in [0, 0.1) is 0 Å². The standard InChI is InChI=1S/C24H27NO5S/c1-16(23(27)19-11-10-17-6-5-7-18(17)14-19)30-24(28)20-8-3-4-9-21(20)31-15-22(26)25-12-13-29-2/h3-4,8-11,14,16H,5-7,12-13,15H2,1-2H3,(H,25,26). The molecule has 7 heteroatoms. The summed E-state index contributed by atoms with van der Waals surface area (Å²) in [6.07, 6.45) is 2.24. The van der Waals surface area contributed by atoms with Gasteiger partial charge in [-0.1, -0.05) is 24.3 Å². The molecule has 0 bridgehead atoms. The summed E-state index contributed by atoms with van der Waals surface area (Å²) in [4.78, 5) is 38.1. The zero-order valence-corrected chi connectivity index (χ0v) is 18.6.